The number of carbonyl (C=O) groups excluding carboxylic acids is 1. The van der Waals surface area contributed by atoms with E-state index in [-0.39, 0.29) is 5.91 Å². The van der Waals surface area contributed by atoms with Gasteiger partial charge in [0.15, 0.2) is 5.13 Å². The maximum absolute atomic E-state index is 12.1. The Hall–Kier alpha value is -1.98. The van der Waals surface area contributed by atoms with Crippen molar-refractivity contribution in [2.45, 2.75) is 12.8 Å². The number of benzene rings is 2. The van der Waals surface area contributed by atoms with Crippen molar-refractivity contribution in [1.82, 2.24) is 4.98 Å². The Morgan fingerprint density at radius 3 is 2.52 bits per heavy atom. The summed E-state index contributed by atoms with van der Waals surface area (Å²) in [5.74, 6) is -0.0482. The highest BCUT2D eigenvalue weighted by Gasteiger charge is 2.08. The van der Waals surface area contributed by atoms with Gasteiger partial charge in [0.2, 0.25) is 5.91 Å². The Kier molecular flexibility index (Phi) is 5.20. The second-order valence-corrected chi connectivity index (χ2v) is 7.18. The van der Waals surface area contributed by atoms with E-state index in [1.54, 1.807) is 0 Å². The Labute approximate surface area is 147 Å². The molecular weight excluding hydrogens is 372 g/mol. The zero-order chi connectivity index (χ0) is 16.1. The first-order valence-corrected chi connectivity index (χ1v) is 8.83. The molecule has 0 bridgehead atoms. The predicted molar refractivity (Wildman–Crippen MR) is 97.8 cm³/mol. The molecule has 116 valence electrons. The van der Waals surface area contributed by atoms with Gasteiger partial charge in [-0.2, -0.15) is 0 Å². The summed E-state index contributed by atoms with van der Waals surface area (Å²) in [6, 6.07) is 18.0. The van der Waals surface area contributed by atoms with Crippen molar-refractivity contribution in [3.8, 4) is 0 Å². The third-order valence-electron chi connectivity index (χ3n) is 3.30. The lowest BCUT2D eigenvalue weighted by Crippen LogP contribution is -2.14. The zero-order valence-electron chi connectivity index (χ0n) is 12.3. The predicted octanol–water partition coefficient (Wildman–Crippen LogP) is 4.68. The summed E-state index contributed by atoms with van der Waals surface area (Å²) in [6.07, 6.45) is 3.01. The van der Waals surface area contributed by atoms with Crippen LogP contribution in [-0.4, -0.2) is 10.9 Å². The third-order valence-corrected chi connectivity index (χ3v) is 4.74. The molecule has 3 rings (SSSR count). The minimum Gasteiger partial charge on any atom is -0.302 e. The molecular formula is C18H15BrN2OS. The summed E-state index contributed by atoms with van der Waals surface area (Å²) in [4.78, 5) is 17.5. The number of nitrogens with zero attached hydrogens (tertiary/aromatic N) is 1. The van der Waals surface area contributed by atoms with E-state index in [1.165, 1.54) is 16.9 Å². The number of thiazole rings is 1. The lowest BCUT2D eigenvalue weighted by atomic mass is 10.1. The molecule has 1 N–H and O–H groups in total. The van der Waals surface area contributed by atoms with Crippen molar-refractivity contribution in [1.29, 1.82) is 0 Å². The van der Waals surface area contributed by atoms with Gasteiger partial charge in [-0.3, -0.25) is 4.79 Å². The van der Waals surface area contributed by atoms with Gasteiger partial charge in [0.05, 0.1) is 6.42 Å². The maximum Gasteiger partial charge on any atom is 0.230 e. The fourth-order valence-electron chi connectivity index (χ4n) is 2.20. The van der Waals surface area contributed by atoms with E-state index in [4.69, 9.17) is 0 Å². The van der Waals surface area contributed by atoms with E-state index in [9.17, 15) is 4.79 Å². The minimum absolute atomic E-state index is 0.0482. The van der Waals surface area contributed by atoms with Crippen LogP contribution in [0.15, 0.2) is 65.3 Å². The molecule has 2 aromatic carbocycles. The average Bonchev–Trinajstić information content (AvgIpc) is 2.97. The number of nitrogens with one attached hydrogen (secondary N) is 1. The van der Waals surface area contributed by atoms with E-state index >= 15 is 0 Å². The maximum atomic E-state index is 12.1. The van der Waals surface area contributed by atoms with Crippen molar-refractivity contribution < 1.29 is 4.79 Å². The molecule has 0 saturated heterocycles. The number of aromatic nitrogens is 1. The van der Waals surface area contributed by atoms with Crippen LogP contribution >= 0.6 is 27.3 Å². The number of halogens is 1. The first-order valence-electron chi connectivity index (χ1n) is 7.22. The standard InChI is InChI=1S/C18H15BrN2OS/c19-15-8-6-14(7-9-15)11-17(22)21-18-20-12-16(23-18)10-13-4-2-1-3-5-13/h1-9,12H,10-11H2,(H,20,21,22). The van der Waals surface area contributed by atoms with E-state index in [1.807, 2.05) is 48.7 Å². The Morgan fingerprint density at radius 1 is 1.04 bits per heavy atom. The summed E-state index contributed by atoms with van der Waals surface area (Å²) in [5, 5.41) is 3.52. The molecule has 3 aromatic rings. The van der Waals surface area contributed by atoms with Gasteiger partial charge >= 0.3 is 0 Å². The molecule has 1 aromatic heterocycles. The SMILES string of the molecule is O=C(Cc1ccc(Br)cc1)Nc1ncc(Cc2ccccc2)s1. The molecule has 23 heavy (non-hydrogen) atoms. The number of anilines is 1. The average molecular weight is 387 g/mol. The van der Waals surface area contributed by atoms with Gasteiger partial charge < -0.3 is 5.32 Å². The highest BCUT2D eigenvalue weighted by atomic mass is 79.9. The highest BCUT2D eigenvalue weighted by Crippen LogP contribution is 2.21. The van der Waals surface area contributed by atoms with Crippen LogP contribution in [0.25, 0.3) is 0 Å². The Balaban J connectivity index is 1.58. The monoisotopic (exact) mass is 386 g/mol. The minimum atomic E-state index is -0.0482. The van der Waals surface area contributed by atoms with Crippen molar-refractivity contribution in [2.24, 2.45) is 0 Å². The molecule has 0 aliphatic rings. The summed E-state index contributed by atoms with van der Waals surface area (Å²) < 4.78 is 1.01. The lowest BCUT2D eigenvalue weighted by molar-refractivity contribution is -0.115. The molecule has 3 nitrogen and oxygen atoms in total. The van der Waals surface area contributed by atoms with Crippen LogP contribution in [0.5, 0.6) is 0 Å². The van der Waals surface area contributed by atoms with Gasteiger partial charge in [0, 0.05) is 22.0 Å². The molecule has 0 aliphatic carbocycles. The van der Waals surface area contributed by atoms with Crippen LogP contribution in [-0.2, 0) is 17.6 Å². The molecule has 1 amide bonds. The molecule has 0 fully saturated rings. The number of rotatable bonds is 5. The largest absolute Gasteiger partial charge is 0.302 e. The zero-order valence-corrected chi connectivity index (χ0v) is 14.7. The summed E-state index contributed by atoms with van der Waals surface area (Å²) in [6.45, 7) is 0. The summed E-state index contributed by atoms with van der Waals surface area (Å²) >= 11 is 4.90. The fourth-order valence-corrected chi connectivity index (χ4v) is 3.32. The molecule has 0 radical (unpaired) electrons. The van der Waals surface area contributed by atoms with Crippen molar-refractivity contribution in [3.05, 3.63) is 81.3 Å². The lowest BCUT2D eigenvalue weighted by Gasteiger charge is -2.02. The normalized spacial score (nSPS) is 10.5. The number of hydrogen-bond donors (Lipinski definition) is 1. The van der Waals surface area contributed by atoms with E-state index in [0.29, 0.717) is 11.6 Å². The second kappa shape index (κ2) is 7.53. The van der Waals surface area contributed by atoms with E-state index in [2.05, 4.69) is 38.4 Å². The quantitative estimate of drug-likeness (QED) is 0.691. The number of amides is 1. The van der Waals surface area contributed by atoms with Gasteiger partial charge in [-0.05, 0) is 23.3 Å². The van der Waals surface area contributed by atoms with Crippen LogP contribution in [0.1, 0.15) is 16.0 Å². The third kappa shape index (κ3) is 4.74. The van der Waals surface area contributed by atoms with Gasteiger partial charge in [-0.25, -0.2) is 4.98 Å². The van der Waals surface area contributed by atoms with E-state index in [0.717, 1.165) is 21.3 Å². The highest BCUT2D eigenvalue weighted by molar-refractivity contribution is 9.10. The fraction of sp³-hybridized carbons (Fsp3) is 0.111. The second-order valence-electron chi connectivity index (χ2n) is 5.15. The number of hydrogen-bond acceptors (Lipinski definition) is 3. The molecule has 0 saturated carbocycles. The van der Waals surface area contributed by atoms with Crippen LogP contribution in [0.2, 0.25) is 0 Å². The first kappa shape index (κ1) is 15.9. The van der Waals surface area contributed by atoms with Gasteiger partial charge in [-0.15, -0.1) is 11.3 Å². The van der Waals surface area contributed by atoms with Gasteiger partial charge in [0.1, 0.15) is 0 Å². The molecule has 0 atom stereocenters. The van der Waals surface area contributed by atoms with Crippen LogP contribution in [0.4, 0.5) is 5.13 Å². The first-order chi connectivity index (χ1) is 11.2. The van der Waals surface area contributed by atoms with Gasteiger partial charge in [-0.1, -0.05) is 58.4 Å². The Bertz CT molecular complexity index is 784. The molecule has 0 unspecified atom stereocenters. The number of carbonyl (C=O) groups is 1. The molecule has 0 aliphatic heterocycles. The van der Waals surface area contributed by atoms with Crippen molar-refractivity contribution in [2.75, 3.05) is 5.32 Å². The topological polar surface area (TPSA) is 42.0 Å². The van der Waals surface area contributed by atoms with Crippen LogP contribution in [0.3, 0.4) is 0 Å². The van der Waals surface area contributed by atoms with Crippen molar-refractivity contribution >= 4 is 38.3 Å². The molecule has 0 spiro atoms. The smallest absolute Gasteiger partial charge is 0.230 e. The van der Waals surface area contributed by atoms with E-state index < -0.39 is 0 Å². The summed E-state index contributed by atoms with van der Waals surface area (Å²) in [5.41, 5.74) is 2.22. The van der Waals surface area contributed by atoms with Gasteiger partial charge in [0.25, 0.3) is 0 Å². The van der Waals surface area contributed by atoms with Crippen LogP contribution < -0.4 is 5.32 Å². The molecule has 1 heterocycles. The molecule has 5 heteroatoms. The Morgan fingerprint density at radius 2 is 1.78 bits per heavy atom. The summed E-state index contributed by atoms with van der Waals surface area (Å²) in [7, 11) is 0. The van der Waals surface area contributed by atoms with Crippen LogP contribution in [0, 0.1) is 0 Å². The van der Waals surface area contributed by atoms with Crippen molar-refractivity contribution in [3.63, 3.8) is 0 Å².